The van der Waals surface area contributed by atoms with Crippen molar-refractivity contribution in [2.24, 2.45) is 10.7 Å². The number of aliphatic imine (C=N–C) groups is 1. The fourth-order valence-corrected chi connectivity index (χ4v) is 2.74. The first kappa shape index (κ1) is 15.3. The Morgan fingerprint density at radius 2 is 2.43 bits per heavy atom. The van der Waals surface area contributed by atoms with Crippen molar-refractivity contribution < 1.29 is 0 Å². The van der Waals surface area contributed by atoms with Gasteiger partial charge in [0, 0.05) is 12.6 Å². The predicted molar refractivity (Wildman–Crippen MR) is 84.8 cm³/mol. The maximum Gasteiger partial charge on any atom is 0.188 e. The molecule has 1 aliphatic heterocycles. The SMILES string of the molecule is CCN1CCCC1CNC(N)=NCc1cccc(C#N)c1. The quantitative estimate of drug-likeness (QED) is 0.634. The summed E-state index contributed by atoms with van der Waals surface area (Å²) in [5.74, 6) is 0.473. The van der Waals surface area contributed by atoms with E-state index in [9.17, 15) is 0 Å². The lowest BCUT2D eigenvalue weighted by molar-refractivity contribution is 0.267. The Bertz CT molecular complexity index is 532. The van der Waals surface area contributed by atoms with Crippen molar-refractivity contribution in [1.82, 2.24) is 10.2 Å². The smallest absolute Gasteiger partial charge is 0.188 e. The Kier molecular flexibility index (Phi) is 5.59. The first-order chi connectivity index (χ1) is 10.2. The molecule has 0 radical (unpaired) electrons. The van der Waals surface area contributed by atoms with Crippen molar-refractivity contribution in [2.45, 2.75) is 32.4 Å². The van der Waals surface area contributed by atoms with Gasteiger partial charge in [0.2, 0.25) is 0 Å². The van der Waals surface area contributed by atoms with E-state index in [4.69, 9.17) is 11.0 Å². The van der Waals surface area contributed by atoms with Gasteiger partial charge in [0.25, 0.3) is 0 Å². The van der Waals surface area contributed by atoms with Gasteiger partial charge in [-0.3, -0.25) is 4.90 Å². The summed E-state index contributed by atoms with van der Waals surface area (Å²) in [7, 11) is 0. The highest BCUT2D eigenvalue weighted by Gasteiger charge is 2.22. The van der Waals surface area contributed by atoms with Crippen molar-refractivity contribution in [3.8, 4) is 6.07 Å². The maximum atomic E-state index is 8.87. The number of guanidine groups is 1. The van der Waals surface area contributed by atoms with Gasteiger partial charge in [0.05, 0.1) is 18.2 Å². The fraction of sp³-hybridized carbons (Fsp3) is 0.500. The van der Waals surface area contributed by atoms with Crippen LogP contribution < -0.4 is 11.1 Å². The topological polar surface area (TPSA) is 77.4 Å². The Morgan fingerprint density at radius 1 is 1.57 bits per heavy atom. The number of nitriles is 1. The molecule has 21 heavy (non-hydrogen) atoms. The largest absolute Gasteiger partial charge is 0.370 e. The number of rotatable bonds is 5. The zero-order valence-electron chi connectivity index (χ0n) is 12.5. The van der Waals surface area contributed by atoms with Gasteiger partial charge in [-0.05, 0) is 43.6 Å². The van der Waals surface area contributed by atoms with Crippen molar-refractivity contribution in [2.75, 3.05) is 19.6 Å². The van der Waals surface area contributed by atoms with Gasteiger partial charge in [-0.25, -0.2) is 4.99 Å². The Hall–Kier alpha value is -2.06. The van der Waals surface area contributed by atoms with E-state index in [1.54, 1.807) is 6.07 Å². The highest BCUT2D eigenvalue weighted by molar-refractivity contribution is 5.77. The molecule has 0 bridgehead atoms. The summed E-state index contributed by atoms with van der Waals surface area (Å²) in [6, 6.07) is 10.1. The van der Waals surface area contributed by atoms with Gasteiger partial charge in [-0.2, -0.15) is 5.26 Å². The van der Waals surface area contributed by atoms with E-state index in [-0.39, 0.29) is 0 Å². The number of nitrogens with two attached hydrogens (primary N) is 1. The van der Waals surface area contributed by atoms with Crippen molar-refractivity contribution in [3.63, 3.8) is 0 Å². The number of benzene rings is 1. The van der Waals surface area contributed by atoms with E-state index >= 15 is 0 Å². The molecule has 1 fully saturated rings. The third-order valence-electron chi connectivity index (χ3n) is 3.91. The van der Waals surface area contributed by atoms with Gasteiger partial charge in [0.15, 0.2) is 5.96 Å². The van der Waals surface area contributed by atoms with Crippen LogP contribution in [0.3, 0.4) is 0 Å². The molecule has 0 aliphatic carbocycles. The van der Waals surface area contributed by atoms with E-state index in [1.807, 2.05) is 18.2 Å². The van der Waals surface area contributed by atoms with Crippen LogP contribution in [-0.4, -0.2) is 36.5 Å². The summed E-state index contributed by atoms with van der Waals surface area (Å²) in [4.78, 5) is 6.81. The van der Waals surface area contributed by atoms with Gasteiger partial charge in [0.1, 0.15) is 0 Å². The molecule has 5 heteroatoms. The molecule has 1 aromatic rings. The lowest BCUT2D eigenvalue weighted by atomic mass is 10.1. The molecule has 1 heterocycles. The summed E-state index contributed by atoms with van der Waals surface area (Å²) in [5.41, 5.74) is 7.56. The summed E-state index contributed by atoms with van der Waals surface area (Å²) in [5, 5.41) is 12.1. The van der Waals surface area contributed by atoms with Crippen LogP contribution in [0.5, 0.6) is 0 Å². The number of hydrogen-bond acceptors (Lipinski definition) is 3. The zero-order valence-corrected chi connectivity index (χ0v) is 12.5. The van der Waals surface area contributed by atoms with Crippen LogP contribution in [0.15, 0.2) is 29.3 Å². The van der Waals surface area contributed by atoms with Crippen LogP contribution in [-0.2, 0) is 6.54 Å². The molecule has 1 aliphatic rings. The molecular weight excluding hydrogens is 262 g/mol. The van der Waals surface area contributed by atoms with E-state index < -0.39 is 0 Å². The molecule has 1 atom stereocenters. The lowest BCUT2D eigenvalue weighted by Crippen LogP contribution is -2.42. The van der Waals surface area contributed by atoms with E-state index in [0.717, 1.165) is 18.7 Å². The van der Waals surface area contributed by atoms with Gasteiger partial charge in [-0.1, -0.05) is 19.1 Å². The second-order valence-corrected chi connectivity index (χ2v) is 5.32. The average Bonchev–Trinajstić information content (AvgIpc) is 2.98. The third-order valence-corrected chi connectivity index (χ3v) is 3.91. The Morgan fingerprint density at radius 3 is 3.19 bits per heavy atom. The molecule has 1 aromatic carbocycles. The highest BCUT2D eigenvalue weighted by Crippen LogP contribution is 2.15. The van der Waals surface area contributed by atoms with E-state index in [1.165, 1.54) is 19.4 Å². The van der Waals surface area contributed by atoms with Crippen LogP contribution in [0.1, 0.15) is 30.9 Å². The Labute approximate surface area is 126 Å². The van der Waals surface area contributed by atoms with Gasteiger partial charge < -0.3 is 11.1 Å². The second-order valence-electron chi connectivity index (χ2n) is 5.32. The van der Waals surface area contributed by atoms with Crippen LogP contribution in [0.2, 0.25) is 0 Å². The standard InChI is InChI=1S/C16H23N5/c1-2-21-8-4-7-15(21)12-20-16(18)19-11-14-6-3-5-13(9-14)10-17/h3,5-6,9,15H,2,4,7-8,11-12H2,1H3,(H3,18,19,20). The monoisotopic (exact) mass is 285 g/mol. The van der Waals surface area contributed by atoms with Crippen LogP contribution in [0, 0.1) is 11.3 Å². The molecule has 5 nitrogen and oxygen atoms in total. The molecule has 2 rings (SSSR count). The van der Waals surface area contributed by atoms with E-state index in [2.05, 4.69) is 28.2 Å². The first-order valence-electron chi connectivity index (χ1n) is 7.49. The molecule has 0 saturated carbocycles. The summed E-state index contributed by atoms with van der Waals surface area (Å²) >= 11 is 0. The van der Waals surface area contributed by atoms with Gasteiger partial charge >= 0.3 is 0 Å². The van der Waals surface area contributed by atoms with E-state index in [0.29, 0.717) is 24.1 Å². The van der Waals surface area contributed by atoms with Crippen molar-refractivity contribution >= 4 is 5.96 Å². The Balaban J connectivity index is 1.82. The molecule has 3 N–H and O–H groups in total. The van der Waals surface area contributed by atoms with Crippen molar-refractivity contribution in [3.05, 3.63) is 35.4 Å². The summed E-state index contributed by atoms with van der Waals surface area (Å²) in [6.45, 7) is 5.81. The molecule has 0 aromatic heterocycles. The number of nitrogens with one attached hydrogen (secondary N) is 1. The van der Waals surface area contributed by atoms with Crippen LogP contribution >= 0.6 is 0 Å². The van der Waals surface area contributed by atoms with Crippen molar-refractivity contribution in [1.29, 1.82) is 5.26 Å². The molecular formula is C16H23N5. The number of hydrogen-bond donors (Lipinski definition) is 2. The number of likely N-dealkylation sites (tertiary alicyclic amines) is 1. The molecule has 1 unspecified atom stereocenters. The fourth-order valence-electron chi connectivity index (χ4n) is 2.74. The minimum atomic E-state index is 0.473. The third kappa shape index (κ3) is 4.47. The van der Waals surface area contributed by atoms with Crippen LogP contribution in [0.4, 0.5) is 0 Å². The predicted octanol–water partition coefficient (Wildman–Crippen LogP) is 1.45. The first-order valence-corrected chi connectivity index (χ1v) is 7.49. The summed E-state index contributed by atoms with van der Waals surface area (Å²) in [6.07, 6.45) is 2.48. The zero-order chi connectivity index (χ0) is 15.1. The highest BCUT2D eigenvalue weighted by atomic mass is 15.2. The number of nitrogens with zero attached hydrogens (tertiary/aromatic N) is 3. The second kappa shape index (κ2) is 7.65. The molecule has 112 valence electrons. The number of likely N-dealkylation sites (N-methyl/N-ethyl adjacent to an activating group) is 1. The minimum absolute atomic E-state index is 0.473. The lowest BCUT2D eigenvalue weighted by Gasteiger charge is -2.23. The minimum Gasteiger partial charge on any atom is -0.370 e. The molecule has 1 saturated heterocycles. The maximum absolute atomic E-state index is 8.87. The van der Waals surface area contributed by atoms with Gasteiger partial charge in [-0.15, -0.1) is 0 Å². The van der Waals surface area contributed by atoms with Crippen LogP contribution in [0.25, 0.3) is 0 Å². The normalized spacial score (nSPS) is 19.4. The molecule has 0 amide bonds. The summed E-state index contributed by atoms with van der Waals surface area (Å²) < 4.78 is 0. The molecule has 0 spiro atoms. The average molecular weight is 285 g/mol.